The zero-order chi connectivity index (χ0) is 21.1. The molecule has 0 radical (unpaired) electrons. The van der Waals surface area contributed by atoms with Crippen molar-refractivity contribution in [3.63, 3.8) is 0 Å². The minimum absolute atomic E-state index is 0.0303. The Hall–Kier alpha value is -2.63. The Bertz CT molecular complexity index is 1110. The molecule has 8 nitrogen and oxygen atoms in total. The largest absolute Gasteiger partial charge is 0.455 e. The van der Waals surface area contributed by atoms with E-state index in [0.29, 0.717) is 18.7 Å². The van der Waals surface area contributed by atoms with Crippen molar-refractivity contribution >= 4 is 27.3 Å². The van der Waals surface area contributed by atoms with Crippen LogP contribution in [0.2, 0.25) is 0 Å². The number of rotatable bonds is 6. The number of piperidine rings is 1. The third kappa shape index (κ3) is 4.42. The summed E-state index contributed by atoms with van der Waals surface area (Å²) in [5, 5.41) is 7.63. The molecule has 0 saturated carbocycles. The lowest BCUT2D eigenvalue weighted by Crippen LogP contribution is -2.40. The van der Waals surface area contributed by atoms with E-state index in [4.69, 9.17) is 9.26 Å². The van der Waals surface area contributed by atoms with Crippen LogP contribution in [0.5, 0.6) is 0 Å². The first kappa shape index (κ1) is 20.6. The molecule has 0 amide bonds. The van der Waals surface area contributed by atoms with Crippen LogP contribution in [0.4, 0.5) is 4.39 Å². The van der Waals surface area contributed by atoms with Gasteiger partial charge in [0.15, 0.2) is 6.61 Å². The number of ether oxygens (including phenoxy) is 1. The molecule has 0 N–H and O–H groups in total. The maximum absolute atomic E-state index is 13.1. The number of carbonyl (C=O) groups is 1. The summed E-state index contributed by atoms with van der Waals surface area (Å²) in [4.78, 5) is 16.6. The molecular formula is C19H18FN3O5S2. The van der Waals surface area contributed by atoms with E-state index in [1.165, 1.54) is 27.8 Å². The molecule has 11 heteroatoms. The van der Waals surface area contributed by atoms with Crippen LogP contribution in [0.15, 0.2) is 50.5 Å². The SMILES string of the molecule is O=C(OCc1nc(-c2ccsc2)no1)C1CCN(S(=O)(=O)c2ccc(F)cc2)CC1. The molecule has 158 valence electrons. The average Bonchev–Trinajstić information content (AvgIpc) is 3.44. The fourth-order valence-corrected chi connectivity index (χ4v) is 5.26. The van der Waals surface area contributed by atoms with Gasteiger partial charge in [-0.05, 0) is 48.6 Å². The van der Waals surface area contributed by atoms with Gasteiger partial charge in [-0.2, -0.15) is 20.6 Å². The van der Waals surface area contributed by atoms with Crippen molar-refractivity contribution in [3.05, 3.63) is 52.8 Å². The molecule has 3 aromatic rings. The molecule has 0 atom stereocenters. The van der Waals surface area contributed by atoms with Crippen molar-refractivity contribution in [3.8, 4) is 11.4 Å². The van der Waals surface area contributed by atoms with Gasteiger partial charge < -0.3 is 9.26 Å². The second-order valence-corrected chi connectivity index (χ2v) is 9.48. The summed E-state index contributed by atoms with van der Waals surface area (Å²) < 4.78 is 50.0. The molecule has 1 saturated heterocycles. The molecule has 1 fully saturated rings. The van der Waals surface area contributed by atoms with Crippen molar-refractivity contribution in [2.75, 3.05) is 13.1 Å². The summed E-state index contributed by atoms with van der Waals surface area (Å²) in [7, 11) is -3.72. The Balaban J connectivity index is 1.29. The normalized spacial score (nSPS) is 15.9. The molecule has 1 aromatic carbocycles. The monoisotopic (exact) mass is 451 g/mol. The molecule has 1 aliphatic rings. The summed E-state index contributed by atoms with van der Waals surface area (Å²) in [6, 6.07) is 6.55. The second-order valence-electron chi connectivity index (χ2n) is 6.76. The number of thiophene rings is 1. The summed E-state index contributed by atoms with van der Waals surface area (Å²) in [5.74, 6) is -0.713. The molecule has 30 heavy (non-hydrogen) atoms. The van der Waals surface area contributed by atoms with Crippen molar-refractivity contribution < 1.29 is 26.9 Å². The Morgan fingerprint density at radius 1 is 1.23 bits per heavy atom. The first-order valence-electron chi connectivity index (χ1n) is 9.21. The number of aromatic nitrogens is 2. The van der Waals surface area contributed by atoms with Crippen LogP contribution in [0.3, 0.4) is 0 Å². The van der Waals surface area contributed by atoms with Gasteiger partial charge in [-0.1, -0.05) is 5.16 Å². The predicted octanol–water partition coefficient (Wildman–Crippen LogP) is 3.08. The predicted molar refractivity (Wildman–Crippen MR) is 105 cm³/mol. The highest BCUT2D eigenvalue weighted by Crippen LogP contribution is 2.25. The highest BCUT2D eigenvalue weighted by Gasteiger charge is 2.33. The minimum atomic E-state index is -3.72. The van der Waals surface area contributed by atoms with E-state index in [1.54, 1.807) is 0 Å². The number of hydrogen-bond donors (Lipinski definition) is 0. The van der Waals surface area contributed by atoms with Crippen molar-refractivity contribution in [1.29, 1.82) is 0 Å². The van der Waals surface area contributed by atoms with Crippen LogP contribution in [-0.2, 0) is 26.2 Å². The zero-order valence-electron chi connectivity index (χ0n) is 15.7. The van der Waals surface area contributed by atoms with Crippen molar-refractivity contribution in [2.24, 2.45) is 5.92 Å². The molecule has 0 aliphatic carbocycles. The van der Waals surface area contributed by atoms with Gasteiger partial charge >= 0.3 is 5.97 Å². The first-order chi connectivity index (χ1) is 14.4. The average molecular weight is 452 g/mol. The first-order valence-corrected chi connectivity index (χ1v) is 11.6. The second kappa shape index (κ2) is 8.62. The molecule has 0 unspecified atom stereocenters. The van der Waals surface area contributed by atoms with Crippen molar-refractivity contribution in [2.45, 2.75) is 24.3 Å². The lowest BCUT2D eigenvalue weighted by molar-refractivity contribution is -0.152. The Morgan fingerprint density at radius 2 is 1.97 bits per heavy atom. The van der Waals surface area contributed by atoms with Crippen molar-refractivity contribution in [1.82, 2.24) is 14.4 Å². The fraction of sp³-hybridized carbons (Fsp3) is 0.316. The summed E-state index contributed by atoms with van der Waals surface area (Å²) in [6.07, 6.45) is 0.673. The number of benzene rings is 1. The van der Waals surface area contributed by atoms with Gasteiger partial charge in [0.1, 0.15) is 5.82 Å². The highest BCUT2D eigenvalue weighted by molar-refractivity contribution is 7.89. The standard InChI is InChI=1S/C19H18FN3O5S2/c20-15-1-3-16(4-2-15)30(25,26)23-8-5-13(6-9-23)19(24)27-11-17-21-18(22-28-17)14-7-10-29-12-14/h1-4,7,10,12-13H,5-6,8-9,11H2. The van der Waals surface area contributed by atoms with Crippen LogP contribution in [0.1, 0.15) is 18.7 Å². The maximum atomic E-state index is 13.1. The van der Waals surface area contributed by atoms with Gasteiger partial charge in [-0.25, -0.2) is 12.8 Å². The van der Waals surface area contributed by atoms with E-state index in [-0.39, 0.29) is 30.5 Å². The molecule has 3 heterocycles. The quantitative estimate of drug-likeness (QED) is 0.531. The molecule has 0 spiro atoms. The molecule has 0 bridgehead atoms. The van der Waals surface area contributed by atoms with Gasteiger partial charge in [-0.15, -0.1) is 0 Å². The van der Waals surface area contributed by atoms with E-state index in [1.807, 2.05) is 16.8 Å². The summed E-state index contributed by atoms with van der Waals surface area (Å²) in [5.41, 5.74) is 0.830. The molecule has 2 aromatic heterocycles. The highest BCUT2D eigenvalue weighted by atomic mass is 32.2. The van der Waals surface area contributed by atoms with Crippen LogP contribution in [-0.4, -0.2) is 41.9 Å². The minimum Gasteiger partial charge on any atom is -0.455 e. The van der Waals surface area contributed by atoms with E-state index >= 15 is 0 Å². The van der Waals surface area contributed by atoms with Crippen LogP contribution >= 0.6 is 11.3 Å². The zero-order valence-corrected chi connectivity index (χ0v) is 17.4. The van der Waals surface area contributed by atoms with Gasteiger partial charge in [0, 0.05) is 24.0 Å². The Morgan fingerprint density at radius 3 is 2.63 bits per heavy atom. The smallest absolute Gasteiger partial charge is 0.309 e. The van der Waals surface area contributed by atoms with Gasteiger partial charge in [0.25, 0.3) is 5.89 Å². The molecule has 4 rings (SSSR count). The van der Waals surface area contributed by atoms with Gasteiger partial charge in [-0.3, -0.25) is 4.79 Å². The lowest BCUT2D eigenvalue weighted by Gasteiger charge is -2.30. The van der Waals surface area contributed by atoms with Gasteiger partial charge in [0.05, 0.1) is 10.8 Å². The number of sulfonamides is 1. The number of hydrogen-bond acceptors (Lipinski definition) is 8. The van der Waals surface area contributed by atoms with Crippen LogP contribution in [0, 0.1) is 11.7 Å². The number of carbonyl (C=O) groups excluding carboxylic acids is 1. The van der Waals surface area contributed by atoms with E-state index in [2.05, 4.69) is 10.1 Å². The third-order valence-corrected chi connectivity index (χ3v) is 7.42. The topological polar surface area (TPSA) is 103 Å². The summed E-state index contributed by atoms with van der Waals surface area (Å²) >= 11 is 1.51. The Labute approximate surface area is 176 Å². The van der Waals surface area contributed by atoms with Crippen LogP contribution in [0.25, 0.3) is 11.4 Å². The summed E-state index contributed by atoms with van der Waals surface area (Å²) in [6.45, 7) is 0.231. The van der Waals surface area contributed by atoms with E-state index < -0.39 is 27.7 Å². The van der Waals surface area contributed by atoms with E-state index in [0.717, 1.165) is 17.7 Å². The van der Waals surface area contributed by atoms with Gasteiger partial charge in [0.2, 0.25) is 15.8 Å². The number of halogens is 1. The lowest BCUT2D eigenvalue weighted by atomic mass is 9.98. The molecule has 1 aliphatic heterocycles. The number of esters is 1. The Kier molecular flexibility index (Phi) is 5.93. The number of nitrogens with zero attached hydrogens (tertiary/aromatic N) is 3. The fourth-order valence-electron chi connectivity index (χ4n) is 3.16. The van der Waals surface area contributed by atoms with E-state index in [9.17, 15) is 17.6 Å². The molecular weight excluding hydrogens is 433 g/mol. The third-order valence-electron chi connectivity index (χ3n) is 4.82. The van der Waals surface area contributed by atoms with Crippen LogP contribution < -0.4 is 0 Å². The maximum Gasteiger partial charge on any atom is 0.309 e.